The van der Waals surface area contributed by atoms with Gasteiger partial charge in [-0.15, -0.1) is 0 Å². The molecule has 1 aromatic rings. The maximum absolute atomic E-state index is 13.8. The SMILES string of the molecule is CCOC(=O)C1=C(CCCC(C)C)NC([C@@H]2CCCN2C(=O)OC(C)(C)C)=C(C(=O)OCC)C1c1ccc(C(=O)O)cc1. The number of rotatable bonds is 11. The van der Waals surface area contributed by atoms with Gasteiger partial charge in [-0.2, -0.15) is 0 Å². The average Bonchev–Trinajstić information content (AvgIpc) is 3.42. The molecule has 1 fully saturated rings. The second kappa shape index (κ2) is 14.6. The standard InChI is InChI=1S/C33H46N2O8/c1-8-41-30(38)26-23(13-10-12-20(3)4)34-28(24-14-11-19-35(24)32(40)43-33(5,6)7)27(31(39)42-9-2)25(26)21-15-17-22(18-16-21)29(36)37/h15-18,20,24-25,34H,8-14,19H2,1-7H3,(H,36,37)/t24-,25?/m0/s1. The van der Waals surface area contributed by atoms with Crippen molar-refractivity contribution in [1.82, 2.24) is 10.2 Å². The quantitative estimate of drug-likeness (QED) is 0.235. The smallest absolute Gasteiger partial charge is 0.410 e. The summed E-state index contributed by atoms with van der Waals surface area (Å²) in [5.74, 6) is -2.76. The molecule has 2 heterocycles. The van der Waals surface area contributed by atoms with E-state index in [-0.39, 0.29) is 29.9 Å². The summed E-state index contributed by atoms with van der Waals surface area (Å²) in [4.78, 5) is 54.1. The molecule has 10 heteroatoms. The highest BCUT2D eigenvalue weighted by Gasteiger charge is 2.45. The van der Waals surface area contributed by atoms with E-state index in [4.69, 9.17) is 14.2 Å². The Morgan fingerprint density at radius 3 is 2.14 bits per heavy atom. The molecule has 1 amide bonds. The summed E-state index contributed by atoms with van der Waals surface area (Å²) in [6.07, 6.45) is 2.97. The molecule has 0 bridgehead atoms. The van der Waals surface area contributed by atoms with Crippen molar-refractivity contribution in [2.45, 2.75) is 98.1 Å². The van der Waals surface area contributed by atoms with Crippen molar-refractivity contribution in [3.8, 4) is 0 Å². The molecule has 43 heavy (non-hydrogen) atoms. The molecular formula is C33H46N2O8. The van der Waals surface area contributed by atoms with Crippen molar-refractivity contribution in [1.29, 1.82) is 0 Å². The maximum Gasteiger partial charge on any atom is 0.410 e. The lowest BCUT2D eigenvalue weighted by Gasteiger charge is -2.37. The molecule has 1 aromatic carbocycles. The van der Waals surface area contributed by atoms with Gasteiger partial charge in [0.2, 0.25) is 0 Å². The van der Waals surface area contributed by atoms with Crippen molar-refractivity contribution in [3.63, 3.8) is 0 Å². The van der Waals surface area contributed by atoms with Crippen LogP contribution in [0.4, 0.5) is 4.79 Å². The number of allylic oxidation sites excluding steroid dienone is 1. The van der Waals surface area contributed by atoms with Crippen LogP contribution in [0.5, 0.6) is 0 Å². The van der Waals surface area contributed by atoms with Gasteiger partial charge in [0.05, 0.1) is 41.9 Å². The second-order valence-electron chi connectivity index (χ2n) is 12.3. The number of dihydropyridines is 1. The van der Waals surface area contributed by atoms with Crippen LogP contribution in [0.2, 0.25) is 0 Å². The van der Waals surface area contributed by atoms with E-state index < -0.39 is 41.6 Å². The van der Waals surface area contributed by atoms with Crippen LogP contribution in [0.1, 0.15) is 102 Å². The monoisotopic (exact) mass is 598 g/mol. The first-order valence-corrected chi connectivity index (χ1v) is 15.2. The zero-order valence-electron chi connectivity index (χ0n) is 26.5. The molecule has 2 N–H and O–H groups in total. The van der Waals surface area contributed by atoms with Crippen LogP contribution in [0.3, 0.4) is 0 Å². The lowest BCUT2D eigenvalue weighted by molar-refractivity contribution is -0.139. The summed E-state index contributed by atoms with van der Waals surface area (Å²) in [7, 11) is 0. The highest BCUT2D eigenvalue weighted by molar-refractivity contribution is 6.00. The number of ether oxygens (including phenoxy) is 3. The van der Waals surface area contributed by atoms with Crippen LogP contribution in [0, 0.1) is 5.92 Å². The van der Waals surface area contributed by atoms with Gasteiger partial charge in [-0.3, -0.25) is 4.90 Å². The fourth-order valence-corrected chi connectivity index (χ4v) is 5.56. The predicted molar refractivity (Wildman–Crippen MR) is 161 cm³/mol. The number of aromatic carboxylic acids is 1. The minimum Gasteiger partial charge on any atom is -0.478 e. The number of nitrogens with zero attached hydrogens (tertiary/aromatic N) is 1. The van der Waals surface area contributed by atoms with Gasteiger partial charge in [0.25, 0.3) is 0 Å². The fourth-order valence-electron chi connectivity index (χ4n) is 5.56. The summed E-state index contributed by atoms with van der Waals surface area (Å²) >= 11 is 0. The van der Waals surface area contributed by atoms with E-state index in [9.17, 15) is 24.3 Å². The summed E-state index contributed by atoms with van der Waals surface area (Å²) < 4.78 is 16.8. The number of esters is 2. The van der Waals surface area contributed by atoms with Crippen molar-refractivity contribution in [2.75, 3.05) is 19.8 Å². The van der Waals surface area contributed by atoms with Gasteiger partial charge in [-0.25, -0.2) is 19.2 Å². The fraction of sp³-hybridized carbons (Fsp3) is 0.576. The Kier molecular flexibility index (Phi) is 11.4. The van der Waals surface area contributed by atoms with Gasteiger partial charge in [0.15, 0.2) is 0 Å². The Morgan fingerprint density at radius 1 is 1.00 bits per heavy atom. The first-order valence-electron chi connectivity index (χ1n) is 15.2. The number of likely N-dealkylation sites (tertiary alicyclic amines) is 1. The number of carboxylic acids is 1. The topological polar surface area (TPSA) is 131 Å². The molecular weight excluding hydrogens is 552 g/mol. The molecule has 0 radical (unpaired) electrons. The Labute approximate surface area is 254 Å². The summed E-state index contributed by atoms with van der Waals surface area (Å²) in [6.45, 7) is 13.7. The normalized spacial score (nSPS) is 18.9. The van der Waals surface area contributed by atoms with Crippen LogP contribution in [0.15, 0.2) is 46.8 Å². The molecule has 2 atom stereocenters. The van der Waals surface area contributed by atoms with Gasteiger partial charge < -0.3 is 24.6 Å². The lowest BCUT2D eigenvalue weighted by Crippen LogP contribution is -2.46. The number of hydrogen-bond acceptors (Lipinski definition) is 8. The summed E-state index contributed by atoms with van der Waals surface area (Å²) in [6, 6.07) is 5.60. The molecule has 1 saturated heterocycles. The molecule has 236 valence electrons. The average molecular weight is 599 g/mol. The highest BCUT2D eigenvalue weighted by atomic mass is 16.6. The molecule has 10 nitrogen and oxygen atoms in total. The molecule has 1 unspecified atom stereocenters. The molecule has 0 spiro atoms. The minimum atomic E-state index is -1.09. The Balaban J connectivity index is 2.29. The molecule has 2 aliphatic rings. The lowest BCUT2D eigenvalue weighted by atomic mass is 9.77. The van der Waals surface area contributed by atoms with Gasteiger partial charge in [-0.1, -0.05) is 32.4 Å². The van der Waals surface area contributed by atoms with E-state index >= 15 is 0 Å². The molecule has 2 aliphatic heterocycles. The number of hydrogen-bond donors (Lipinski definition) is 2. The van der Waals surface area contributed by atoms with Gasteiger partial charge in [0.1, 0.15) is 5.60 Å². The highest BCUT2D eigenvalue weighted by Crippen LogP contribution is 2.43. The largest absolute Gasteiger partial charge is 0.478 e. The maximum atomic E-state index is 13.8. The number of carboxylic acid groups (broad SMARTS) is 1. The minimum absolute atomic E-state index is 0.0743. The van der Waals surface area contributed by atoms with Crippen LogP contribution < -0.4 is 5.32 Å². The van der Waals surface area contributed by atoms with Gasteiger partial charge in [-0.05, 0) is 83.9 Å². The third-order valence-electron chi connectivity index (χ3n) is 7.38. The van der Waals surface area contributed by atoms with Crippen LogP contribution >= 0.6 is 0 Å². The molecule has 0 aliphatic carbocycles. The molecule has 0 saturated carbocycles. The second-order valence-corrected chi connectivity index (χ2v) is 12.3. The van der Waals surface area contributed by atoms with Crippen LogP contribution in [-0.2, 0) is 23.8 Å². The van der Waals surface area contributed by atoms with E-state index in [0.717, 1.165) is 12.8 Å². The first-order chi connectivity index (χ1) is 20.3. The number of carbonyl (C=O) groups excluding carboxylic acids is 3. The van der Waals surface area contributed by atoms with Crippen molar-refractivity contribution >= 4 is 24.0 Å². The van der Waals surface area contributed by atoms with Crippen molar-refractivity contribution < 1.29 is 38.5 Å². The van der Waals surface area contributed by atoms with E-state index in [0.29, 0.717) is 48.7 Å². The molecule has 3 rings (SSSR count). The zero-order chi connectivity index (χ0) is 31.9. The predicted octanol–water partition coefficient (Wildman–Crippen LogP) is 5.93. The Hall–Kier alpha value is -3.82. The third kappa shape index (κ3) is 8.39. The molecule has 0 aromatic heterocycles. The number of benzene rings is 1. The number of nitrogens with one attached hydrogen (secondary N) is 1. The summed E-state index contributed by atoms with van der Waals surface area (Å²) in [5.41, 5.74) is 1.48. The van der Waals surface area contributed by atoms with Gasteiger partial charge >= 0.3 is 24.0 Å². The Bertz CT molecular complexity index is 1260. The van der Waals surface area contributed by atoms with Crippen LogP contribution in [0.25, 0.3) is 0 Å². The van der Waals surface area contributed by atoms with Crippen molar-refractivity contribution in [2.24, 2.45) is 5.92 Å². The number of carbonyl (C=O) groups is 4. The Morgan fingerprint density at radius 2 is 1.60 bits per heavy atom. The van der Waals surface area contributed by atoms with E-state index in [2.05, 4.69) is 19.2 Å². The van der Waals surface area contributed by atoms with Crippen molar-refractivity contribution in [3.05, 3.63) is 57.9 Å². The zero-order valence-corrected chi connectivity index (χ0v) is 26.5. The van der Waals surface area contributed by atoms with E-state index in [1.165, 1.54) is 12.1 Å². The number of amides is 1. The first kappa shape index (κ1) is 33.7. The van der Waals surface area contributed by atoms with E-state index in [1.54, 1.807) is 51.7 Å². The summed E-state index contributed by atoms with van der Waals surface area (Å²) in [5, 5.41) is 13.0. The van der Waals surface area contributed by atoms with E-state index in [1.807, 2.05) is 0 Å². The van der Waals surface area contributed by atoms with Crippen LogP contribution in [-0.4, -0.2) is 65.4 Å². The van der Waals surface area contributed by atoms with Gasteiger partial charge in [0, 0.05) is 17.9 Å². The third-order valence-corrected chi connectivity index (χ3v) is 7.38.